The van der Waals surface area contributed by atoms with Crippen LogP contribution in [0.2, 0.25) is 0 Å². The second-order valence-corrected chi connectivity index (χ2v) is 5.48. The summed E-state index contributed by atoms with van der Waals surface area (Å²) in [4.78, 5) is 24.3. The maximum absolute atomic E-state index is 12.3. The van der Waals surface area contributed by atoms with Crippen LogP contribution in [0.1, 0.15) is 17.3 Å². The molecule has 2 rings (SSSR count). The highest BCUT2D eigenvalue weighted by atomic mass is 16.5. The number of rotatable bonds is 10. The van der Waals surface area contributed by atoms with Crippen molar-refractivity contribution in [3.05, 3.63) is 54.1 Å². The van der Waals surface area contributed by atoms with Crippen LogP contribution in [0.25, 0.3) is 0 Å². The molecule has 28 heavy (non-hydrogen) atoms. The van der Waals surface area contributed by atoms with Gasteiger partial charge in [0.1, 0.15) is 12.4 Å². The Morgan fingerprint density at radius 3 is 2.25 bits per heavy atom. The van der Waals surface area contributed by atoms with Gasteiger partial charge in [0.15, 0.2) is 18.1 Å². The Kier molecular flexibility index (Phi) is 8.61. The van der Waals surface area contributed by atoms with Gasteiger partial charge in [0.25, 0.3) is 11.8 Å². The Bertz CT molecular complexity index is 781. The van der Waals surface area contributed by atoms with Crippen LogP contribution in [0.3, 0.4) is 0 Å². The van der Waals surface area contributed by atoms with Gasteiger partial charge in [-0.2, -0.15) is 0 Å². The first-order valence-electron chi connectivity index (χ1n) is 8.80. The van der Waals surface area contributed by atoms with Gasteiger partial charge in [-0.1, -0.05) is 24.3 Å². The molecule has 150 valence electrons. The minimum atomic E-state index is -0.519. The number of amides is 2. The van der Waals surface area contributed by atoms with Crippen LogP contribution in [0.5, 0.6) is 17.2 Å². The van der Waals surface area contributed by atoms with E-state index in [2.05, 4.69) is 10.9 Å². The highest BCUT2D eigenvalue weighted by Crippen LogP contribution is 2.25. The molecule has 8 nitrogen and oxygen atoms in total. The normalized spacial score (nSPS) is 10.1. The molecule has 0 fully saturated rings. The van der Waals surface area contributed by atoms with Gasteiger partial charge in [-0.25, -0.2) is 0 Å². The summed E-state index contributed by atoms with van der Waals surface area (Å²) in [5, 5.41) is 0. The number of ether oxygens (including phenoxy) is 4. The first-order chi connectivity index (χ1) is 13.7. The van der Waals surface area contributed by atoms with Crippen LogP contribution in [0.15, 0.2) is 48.5 Å². The summed E-state index contributed by atoms with van der Waals surface area (Å²) >= 11 is 0. The second-order valence-electron chi connectivity index (χ2n) is 5.48. The van der Waals surface area contributed by atoms with E-state index >= 15 is 0 Å². The third kappa shape index (κ3) is 6.48. The van der Waals surface area contributed by atoms with Crippen LogP contribution >= 0.6 is 0 Å². The van der Waals surface area contributed by atoms with Crippen LogP contribution in [0, 0.1) is 0 Å². The standard InChI is InChI=1S/C20H24N2O6/c1-3-26-12-13-27-16-9-5-4-8-15(16)20(24)22-21-19(23)14-28-18-11-7-6-10-17(18)25-2/h4-11H,3,12-14H2,1-2H3,(H,21,23)(H,22,24). The molecule has 2 amide bonds. The van der Waals surface area contributed by atoms with Crippen molar-refractivity contribution in [1.29, 1.82) is 0 Å². The largest absolute Gasteiger partial charge is 0.493 e. The molecule has 0 radical (unpaired) electrons. The second kappa shape index (κ2) is 11.5. The molecule has 0 atom stereocenters. The van der Waals surface area contributed by atoms with Crippen molar-refractivity contribution in [2.45, 2.75) is 6.92 Å². The lowest BCUT2D eigenvalue weighted by molar-refractivity contribution is -0.123. The van der Waals surface area contributed by atoms with E-state index in [4.69, 9.17) is 18.9 Å². The van der Waals surface area contributed by atoms with Gasteiger partial charge in [0.05, 0.1) is 19.3 Å². The van der Waals surface area contributed by atoms with Crippen LogP contribution in [0.4, 0.5) is 0 Å². The Morgan fingerprint density at radius 1 is 0.857 bits per heavy atom. The molecule has 0 saturated heterocycles. The Labute approximate surface area is 163 Å². The molecule has 0 unspecified atom stereocenters. The Morgan fingerprint density at radius 2 is 1.54 bits per heavy atom. The van der Waals surface area contributed by atoms with E-state index in [1.807, 2.05) is 6.92 Å². The first-order valence-corrected chi connectivity index (χ1v) is 8.80. The molecule has 0 heterocycles. The Hall–Kier alpha value is -3.26. The van der Waals surface area contributed by atoms with Crippen molar-refractivity contribution in [3.8, 4) is 17.2 Å². The fraction of sp³-hybridized carbons (Fsp3) is 0.300. The summed E-state index contributed by atoms with van der Waals surface area (Å²) in [7, 11) is 1.51. The first kappa shape index (κ1) is 21.0. The number of methoxy groups -OCH3 is 1. The number of para-hydroxylation sites is 3. The molecule has 2 N–H and O–H groups in total. The van der Waals surface area contributed by atoms with E-state index in [1.165, 1.54) is 7.11 Å². The lowest BCUT2D eigenvalue weighted by atomic mass is 10.2. The molecule has 0 spiro atoms. The van der Waals surface area contributed by atoms with Crippen LogP contribution in [-0.2, 0) is 9.53 Å². The number of carbonyl (C=O) groups is 2. The molecular weight excluding hydrogens is 364 g/mol. The molecule has 0 aliphatic heterocycles. The lowest BCUT2D eigenvalue weighted by Crippen LogP contribution is -2.44. The monoisotopic (exact) mass is 388 g/mol. The van der Waals surface area contributed by atoms with Gasteiger partial charge in [-0.05, 0) is 31.2 Å². The molecular formula is C20H24N2O6. The molecule has 8 heteroatoms. The predicted molar refractivity (Wildman–Crippen MR) is 103 cm³/mol. The SMILES string of the molecule is CCOCCOc1ccccc1C(=O)NNC(=O)COc1ccccc1OC. The van der Waals surface area contributed by atoms with E-state index in [-0.39, 0.29) is 6.61 Å². The molecule has 0 saturated carbocycles. The quantitative estimate of drug-likeness (QED) is 0.477. The van der Waals surface area contributed by atoms with Crippen molar-refractivity contribution in [2.24, 2.45) is 0 Å². The topological polar surface area (TPSA) is 95.1 Å². The van der Waals surface area contributed by atoms with Crippen molar-refractivity contribution in [2.75, 3.05) is 33.5 Å². The van der Waals surface area contributed by atoms with Crippen molar-refractivity contribution >= 4 is 11.8 Å². The molecule has 0 bridgehead atoms. The number of hydrazine groups is 1. The van der Waals surface area contributed by atoms with Crippen molar-refractivity contribution in [3.63, 3.8) is 0 Å². The van der Waals surface area contributed by atoms with E-state index in [9.17, 15) is 9.59 Å². The molecule has 2 aromatic carbocycles. The maximum Gasteiger partial charge on any atom is 0.276 e. The zero-order valence-corrected chi connectivity index (χ0v) is 15.9. The lowest BCUT2D eigenvalue weighted by Gasteiger charge is -2.13. The van der Waals surface area contributed by atoms with E-state index < -0.39 is 11.8 Å². The number of hydrogen-bond donors (Lipinski definition) is 2. The van der Waals surface area contributed by atoms with Gasteiger partial charge in [0, 0.05) is 6.61 Å². The zero-order valence-electron chi connectivity index (χ0n) is 15.9. The molecule has 0 aliphatic carbocycles. The smallest absolute Gasteiger partial charge is 0.276 e. The summed E-state index contributed by atoms with van der Waals surface area (Å²) in [5.41, 5.74) is 4.95. The van der Waals surface area contributed by atoms with Gasteiger partial charge in [0.2, 0.25) is 0 Å². The summed E-state index contributed by atoms with van der Waals surface area (Å²) in [6, 6.07) is 13.7. The highest BCUT2D eigenvalue weighted by Gasteiger charge is 2.13. The van der Waals surface area contributed by atoms with Crippen LogP contribution < -0.4 is 25.1 Å². The van der Waals surface area contributed by atoms with Gasteiger partial charge >= 0.3 is 0 Å². The van der Waals surface area contributed by atoms with Gasteiger partial charge in [-0.15, -0.1) is 0 Å². The zero-order chi connectivity index (χ0) is 20.2. The van der Waals surface area contributed by atoms with Crippen LogP contribution in [-0.4, -0.2) is 45.4 Å². The minimum absolute atomic E-state index is 0.285. The highest BCUT2D eigenvalue weighted by molar-refractivity contribution is 5.97. The molecule has 0 aliphatic rings. The number of hydrogen-bond acceptors (Lipinski definition) is 6. The van der Waals surface area contributed by atoms with Gasteiger partial charge < -0.3 is 18.9 Å². The maximum atomic E-state index is 12.3. The number of carbonyl (C=O) groups excluding carboxylic acids is 2. The average Bonchev–Trinajstić information content (AvgIpc) is 2.74. The van der Waals surface area contributed by atoms with E-state index in [0.717, 1.165) is 0 Å². The van der Waals surface area contributed by atoms with E-state index in [0.29, 0.717) is 42.6 Å². The summed E-state index contributed by atoms with van der Waals surface area (Å²) in [5.74, 6) is 0.322. The predicted octanol–water partition coefficient (Wildman–Crippen LogP) is 1.95. The van der Waals surface area contributed by atoms with Gasteiger partial charge in [-0.3, -0.25) is 20.4 Å². The third-order valence-electron chi connectivity index (χ3n) is 3.56. The number of benzene rings is 2. The minimum Gasteiger partial charge on any atom is -0.493 e. The average molecular weight is 388 g/mol. The molecule has 2 aromatic rings. The Balaban J connectivity index is 1.83. The third-order valence-corrected chi connectivity index (χ3v) is 3.56. The summed E-state index contributed by atoms with van der Waals surface area (Å²) in [6.45, 7) is 2.93. The summed E-state index contributed by atoms with van der Waals surface area (Å²) in [6.07, 6.45) is 0. The fourth-order valence-corrected chi connectivity index (χ4v) is 2.25. The van der Waals surface area contributed by atoms with E-state index in [1.54, 1.807) is 48.5 Å². The summed E-state index contributed by atoms with van der Waals surface area (Å²) < 4.78 is 21.3. The molecule has 0 aromatic heterocycles. The van der Waals surface area contributed by atoms with Crippen molar-refractivity contribution < 1.29 is 28.5 Å². The van der Waals surface area contributed by atoms with Crippen molar-refractivity contribution in [1.82, 2.24) is 10.9 Å². The number of nitrogens with one attached hydrogen (secondary N) is 2. The fourth-order valence-electron chi connectivity index (χ4n) is 2.25.